The predicted molar refractivity (Wildman–Crippen MR) is 110 cm³/mol. The molecule has 3 fully saturated rings. The zero-order valence-corrected chi connectivity index (χ0v) is 18.3. The summed E-state index contributed by atoms with van der Waals surface area (Å²) in [5, 5.41) is 0. The zero-order valence-electron chi connectivity index (χ0n) is 18.3. The maximum atomic E-state index is 13.8. The SMILES string of the molecule is CC(C)C1(C(=O)N2CCc3ccc(C(F)(F)F)cc3C2)CCC(N2C[C@@H]3C[C@H]2CO3)C1. The van der Waals surface area contributed by atoms with E-state index in [1.165, 1.54) is 6.07 Å². The highest BCUT2D eigenvalue weighted by Crippen LogP contribution is 2.49. The molecule has 2 unspecified atom stereocenters. The van der Waals surface area contributed by atoms with E-state index < -0.39 is 17.2 Å². The van der Waals surface area contributed by atoms with Gasteiger partial charge in [0.05, 0.1) is 23.7 Å². The third-order valence-electron chi connectivity index (χ3n) is 8.30. The summed E-state index contributed by atoms with van der Waals surface area (Å²) in [5.74, 6) is 0.331. The van der Waals surface area contributed by atoms with Crippen molar-refractivity contribution in [2.45, 2.75) is 76.9 Å². The fourth-order valence-corrected chi connectivity index (χ4v) is 6.40. The number of fused-ring (bicyclic) bond motifs is 3. The van der Waals surface area contributed by atoms with Crippen molar-refractivity contribution in [1.29, 1.82) is 0 Å². The van der Waals surface area contributed by atoms with Gasteiger partial charge in [0.2, 0.25) is 5.91 Å². The van der Waals surface area contributed by atoms with Crippen LogP contribution < -0.4 is 0 Å². The van der Waals surface area contributed by atoms with E-state index in [9.17, 15) is 18.0 Å². The van der Waals surface area contributed by atoms with Crippen molar-refractivity contribution in [3.8, 4) is 0 Å². The number of likely N-dealkylation sites (tertiary alicyclic amines) is 1. The number of carbonyl (C=O) groups excluding carboxylic acids is 1. The van der Waals surface area contributed by atoms with E-state index in [2.05, 4.69) is 18.7 Å². The molecule has 2 saturated heterocycles. The van der Waals surface area contributed by atoms with Crippen LogP contribution in [0.15, 0.2) is 18.2 Å². The molecule has 2 bridgehead atoms. The van der Waals surface area contributed by atoms with Crippen molar-refractivity contribution in [1.82, 2.24) is 9.80 Å². The molecular formula is C24H31F3N2O2. The van der Waals surface area contributed by atoms with Gasteiger partial charge in [0.25, 0.3) is 0 Å². The Kier molecular flexibility index (Phi) is 5.13. The van der Waals surface area contributed by atoms with Gasteiger partial charge in [0.1, 0.15) is 0 Å². The Morgan fingerprint density at radius 1 is 1.23 bits per heavy atom. The molecule has 31 heavy (non-hydrogen) atoms. The number of benzene rings is 1. The van der Waals surface area contributed by atoms with Crippen LogP contribution in [0.3, 0.4) is 0 Å². The predicted octanol–water partition coefficient (Wildman–Crippen LogP) is 4.26. The molecule has 0 aromatic heterocycles. The Labute approximate surface area is 181 Å². The summed E-state index contributed by atoms with van der Waals surface area (Å²) < 4.78 is 45.3. The lowest BCUT2D eigenvalue weighted by Gasteiger charge is -2.40. The van der Waals surface area contributed by atoms with Crippen LogP contribution in [0.5, 0.6) is 0 Å². The second-order valence-electron chi connectivity index (χ2n) is 10.2. The summed E-state index contributed by atoms with van der Waals surface area (Å²) in [7, 11) is 0. The maximum absolute atomic E-state index is 13.8. The molecule has 3 aliphatic heterocycles. The smallest absolute Gasteiger partial charge is 0.375 e. The molecule has 0 spiro atoms. The van der Waals surface area contributed by atoms with E-state index in [4.69, 9.17) is 4.74 Å². The Morgan fingerprint density at radius 3 is 2.68 bits per heavy atom. The molecule has 0 N–H and O–H groups in total. The molecule has 5 rings (SSSR count). The second kappa shape index (κ2) is 7.48. The van der Waals surface area contributed by atoms with E-state index in [1.54, 1.807) is 6.07 Å². The molecule has 3 heterocycles. The highest BCUT2D eigenvalue weighted by atomic mass is 19.4. The van der Waals surface area contributed by atoms with Gasteiger partial charge in [-0.25, -0.2) is 0 Å². The molecule has 1 aliphatic carbocycles. The number of amides is 1. The minimum absolute atomic E-state index is 0.133. The van der Waals surface area contributed by atoms with Crippen LogP contribution in [0.4, 0.5) is 13.2 Å². The van der Waals surface area contributed by atoms with Gasteiger partial charge in [0.15, 0.2) is 0 Å². The molecule has 4 aliphatic rings. The van der Waals surface area contributed by atoms with E-state index in [1.807, 2.05) is 4.90 Å². The van der Waals surface area contributed by atoms with Crippen LogP contribution in [0.25, 0.3) is 0 Å². The van der Waals surface area contributed by atoms with Crippen LogP contribution in [0, 0.1) is 11.3 Å². The third kappa shape index (κ3) is 3.58. The van der Waals surface area contributed by atoms with Gasteiger partial charge in [-0.2, -0.15) is 13.2 Å². The van der Waals surface area contributed by atoms with Crippen molar-refractivity contribution < 1.29 is 22.7 Å². The van der Waals surface area contributed by atoms with Gasteiger partial charge in [-0.3, -0.25) is 9.69 Å². The summed E-state index contributed by atoms with van der Waals surface area (Å²) in [6.45, 7) is 6.87. The lowest BCUT2D eigenvalue weighted by molar-refractivity contribution is -0.146. The standard InChI is InChI=1S/C24H31F3N2O2/c1-15(2)23(7-5-19(11-23)29-13-21-10-20(29)14-31-21)22(30)28-8-6-16-3-4-18(24(25,26)27)9-17(16)12-28/h3-4,9,15,19-21H,5-8,10-14H2,1-2H3/t19?,20-,21-,23?/m0/s1. The molecule has 7 heteroatoms. The van der Waals surface area contributed by atoms with E-state index in [-0.39, 0.29) is 18.4 Å². The molecule has 1 aromatic rings. The first kappa shape index (κ1) is 21.3. The maximum Gasteiger partial charge on any atom is 0.416 e. The zero-order chi connectivity index (χ0) is 22.0. The van der Waals surface area contributed by atoms with Gasteiger partial charge in [0, 0.05) is 31.7 Å². The first-order valence-corrected chi connectivity index (χ1v) is 11.5. The van der Waals surface area contributed by atoms with Crippen molar-refractivity contribution >= 4 is 5.91 Å². The third-order valence-corrected chi connectivity index (χ3v) is 8.30. The number of ether oxygens (including phenoxy) is 1. The van der Waals surface area contributed by atoms with E-state index in [0.717, 1.165) is 50.5 Å². The summed E-state index contributed by atoms with van der Waals surface area (Å²) >= 11 is 0. The van der Waals surface area contributed by atoms with Crippen LogP contribution >= 0.6 is 0 Å². The van der Waals surface area contributed by atoms with Gasteiger partial charge >= 0.3 is 6.18 Å². The minimum Gasteiger partial charge on any atom is -0.375 e. The lowest BCUT2D eigenvalue weighted by atomic mass is 9.73. The molecule has 4 nitrogen and oxygen atoms in total. The number of rotatable bonds is 3. The average Bonchev–Trinajstić information content (AvgIpc) is 3.47. The molecule has 4 atom stereocenters. The molecule has 0 radical (unpaired) electrons. The van der Waals surface area contributed by atoms with Crippen molar-refractivity contribution in [2.75, 3.05) is 19.7 Å². The Morgan fingerprint density at radius 2 is 2.03 bits per heavy atom. The van der Waals surface area contributed by atoms with Gasteiger partial charge in [-0.05, 0) is 61.3 Å². The first-order valence-electron chi connectivity index (χ1n) is 11.5. The largest absolute Gasteiger partial charge is 0.416 e. The minimum atomic E-state index is -4.36. The summed E-state index contributed by atoms with van der Waals surface area (Å²) in [4.78, 5) is 18.2. The highest BCUT2D eigenvalue weighted by Gasteiger charge is 2.53. The fraction of sp³-hybridized carbons (Fsp3) is 0.708. The van der Waals surface area contributed by atoms with Crippen LogP contribution in [-0.2, 0) is 28.7 Å². The normalized spacial score (nSPS) is 33.4. The molecule has 1 amide bonds. The van der Waals surface area contributed by atoms with Crippen LogP contribution in [-0.4, -0.2) is 53.6 Å². The van der Waals surface area contributed by atoms with Gasteiger partial charge in [-0.15, -0.1) is 0 Å². The summed E-state index contributed by atoms with van der Waals surface area (Å²) in [5.41, 5.74) is 0.503. The summed E-state index contributed by atoms with van der Waals surface area (Å²) in [6, 6.07) is 4.85. The monoisotopic (exact) mass is 436 g/mol. The molecule has 1 saturated carbocycles. The van der Waals surface area contributed by atoms with E-state index in [0.29, 0.717) is 36.7 Å². The molecular weight excluding hydrogens is 405 g/mol. The lowest BCUT2D eigenvalue weighted by Crippen LogP contribution is -2.49. The number of hydrogen-bond acceptors (Lipinski definition) is 3. The number of hydrogen-bond donors (Lipinski definition) is 0. The number of nitrogens with zero attached hydrogens (tertiary/aromatic N) is 2. The summed E-state index contributed by atoms with van der Waals surface area (Å²) in [6.07, 6.45) is 0.408. The highest BCUT2D eigenvalue weighted by molar-refractivity contribution is 5.84. The first-order chi connectivity index (χ1) is 14.7. The van der Waals surface area contributed by atoms with E-state index >= 15 is 0 Å². The van der Waals surface area contributed by atoms with Crippen molar-refractivity contribution in [3.63, 3.8) is 0 Å². The Hall–Kier alpha value is -1.60. The van der Waals surface area contributed by atoms with Gasteiger partial charge < -0.3 is 9.64 Å². The second-order valence-corrected chi connectivity index (χ2v) is 10.2. The Bertz CT molecular complexity index is 871. The molecule has 170 valence electrons. The number of carbonyl (C=O) groups is 1. The topological polar surface area (TPSA) is 32.8 Å². The van der Waals surface area contributed by atoms with Crippen molar-refractivity contribution in [3.05, 3.63) is 34.9 Å². The quantitative estimate of drug-likeness (QED) is 0.710. The number of halogens is 3. The Balaban J connectivity index is 1.35. The van der Waals surface area contributed by atoms with Gasteiger partial charge in [-0.1, -0.05) is 19.9 Å². The average molecular weight is 437 g/mol. The number of alkyl halides is 3. The fourth-order valence-electron chi connectivity index (χ4n) is 6.40. The number of morpholine rings is 1. The van der Waals surface area contributed by atoms with Crippen molar-refractivity contribution in [2.24, 2.45) is 11.3 Å². The van der Waals surface area contributed by atoms with Crippen LogP contribution in [0.1, 0.15) is 56.2 Å². The van der Waals surface area contributed by atoms with Crippen LogP contribution in [0.2, 0.25) is 0 Å². The molecule has 1 aromatic carbocycles.